The number of rotatable bonds is 6. The third kappa shape index (κ3) is 5.51. The van der Waals surface area contributed by atoms with E-state index in [4.69, 9.17) is 4.55 Å². The van der Waals surface area contributed by atoms with Crippen molar-refractivity contribution >= 4 is 10.3 Å². The Bertz CT molecular complexity index is 201. The molecule has 0 saturated heterocycles. The SMILES string of the molecule is CCCCCCN(C)S(=O)(=O)O. The van der Waals surface area contributed by atoms with Crippen molar-refractivity contribution in [3.63, 3.8) is 0 Å². The molecule has 0 bridgehead atoms. The van der Waals surface area contributed by atoms with Gasteiger partial charge in [0.2, 0.25) is 0 Å². The average molecular weight is 195 g/mol. The van der Waals surface area contributed by atoms with E-state index >= 15 is 0 Å². The van der Waals surface area contributed by atoms with Crippen molar-refractivity contribution in [2.75, 3.05) is 13.6 Å². The van der Waals surface area contributed by atoms with Crippen LogP contribution >= 0.6 is 0 Å². The predicted molar refractivity (Wildman–Crippen MR) is 48.3 cm³/mol. The highest BCUT2D eigenvalue weighted by molar-refractivity contribution is 7.83. The number of hydrogen-bond acceptors (Lipinski definition) is 2. The fraction of sp³-hybridized carbons (Fsp3) is 1.00. The Morgan fingerprint density at radius 1 is 1.25 bits per heavy atom. The van der Waals surface area contributed by atoms with Crippen LogP contribution in [-0.4, -0.2) is 30.9 Å². The van der Waals surface area contributed by atoms with Crippen molar-refractivity contribution in [1.82, 2.24) is 4.31 Å². The maximum absolute atomic E-state index is 10.5. The van der Waals surface area contributed by atoms with E-state index < -0.39 is 10.3 Å². The molecule has 0 amide bonds. The van der Waals surface area contributed by atoms with Gasteiger partial charge in [0.1, 0.15) is 0 Å². The van der Waals surface area contributed by atoms with Gasteiger partial charge in [-0.2, -0.15) is 12.7 Å². The first kappa shape index (κ1) is 11.9. The Labute approximate surface area is 74.5 Å². The van der Waals surface area contributed by atoms with E-state index in [9.17, 15) is 8.42 Å². The molecule has 0 rings (SSSR count). The highest BCUT2D eigenvalue weighted by atomic mass is 32.2. The normalized spacial score (nSPS) is 12.3. The van der Waals surface area contributed by atoms with Gasteiger partial charge >= 0.3 is 10.3 Å². The van der Waals surface area contributed by atoms with Crippen LogP contribution in [0.3, 0.4) is 0 Å². The Morgan fingerprint density at radius 2 is 1.83 bits per heavy atom. The molecule has 0 aliphatic rings. The second-order valence-corrected chi connectivity index (χ2v) is 4.38. The van der Waals surface area contributed by atoms with E-state index in [-0.39, 0.29) is 0 Å². The monoisotopic (exact) mass is 195 g/mol. The van der Waals surface area contributed by atoms with Gasteiger partial charge in [0.05, 0.1) is 0 Å². The quantitative estimate of drug-likeness (QED) is 0.513. The van der Waals surface area contributed by atoms with Crippen molar-refractivity contribution in [1.29, 1.82) is 0 Å². The molecule has 4 nitrogen and oxygen atoms in total. The van der Waals surface area contributed by atoms with Crippen molar-refractivity contribution in [3.05, 3.63) is 0 Å². The molecule has 0 atom stereocenters. The van der Waals surface area contributed by atoms with Crippen molar-refractivity contribution in [2.45, 2.75) is 32.6 Å². The van der Waals surface area contributed by atoms with Crippen LogP contribution in [0.15, 0.2) is 0 Å². The predicted octanol–water partition coefficient (Wildman–Crippen LogP) is 1.30. The van der Waals surface area contributed by atoms with Crippen molar-refractivity contribution in [2.24, 2.45) is 0 Å². The molecule has 74 valence electrons. The summed E-state index contributed by atoms with van der Waals surface area (Å²) in [5.41, 5.74) is 0. The zero-order valence-corrected chi connectivity index (χ0v) is 8.47. The molecule has 12 heavy (non-hydrogen) atoms. The molecule has 0 aromatic rings. The fourth-order valence-electron chi connectivity index (χ4n) is 0.877. The van der Waals surface area contributed by atoms with Crippen LogP contribution in [0.2, 0.25) is 0 Å². The molecule has 0 unspecified atom stereocenters. The van der Waals surface area contributed by atoms with E-state index in [1.54, 1.807) is 0 Å². The summed E-state index contributed by atoms with van der Waals surface area (Å²) in [6.07, 6.45) is 4.05. The Hall–Kier alpha value is -0.130. The largest absolute Gasteiger partial charge is 0.335 e. The third-order valence-corrected chi connectivity index (χ3v) is 2.69. The summed E-state index contributed by atoms with van der Waals surface area (Å²) >= 11 is 0. The van der Waals surface area contributed by atoms with Gasteiger partial charge in [-0.25, -0.2) is 0 Å². The van der Waals surface area contributed by atoms with E-state index in [0.29, 0.717) is 6.54 Å². The topological polar surface area (TPSA) is 57.6 Å². The molecule has 0 heterocycles. The minimum atomic E-state index is -3.96. The van der Waals surface area contributed by atoms with Crippen LogP contribution in [0.4, 0.5) is 0 Å². The van der Waals surface area contributed by atoms with Crippen LogP contribution in [0, 0.1) is 0 Å². The summed E-state index contributed by atoms with van der Waals surface area (Å²) in [4.78, 5) is 0. The number of unbranched alkanes of at least 4 members (excludes halogenated alkanes) is 3. The minimum absolute atomic E-state index is 0.402. The Balaban J connectivity index is 3.52. The second-order valence-electron chi connectivity index (χ2n) is 2.86. The standard InChI is InChI=1S/C7H17NO3S/c1-3-4-5-6-7-8(2)12(9,10)11/h3-7H2,1-2H3,(H,9,10,11). The molecule has 5 heteroatoms. The molecule has 0 radical (unpaired) electrons. The molecular weight excluding hydrogens is 178 g/mol. The Morgan fingerprint density at radius 3 is 2.25 bits per heavy atom. The third-order valence-electron chi connectivity index (χ3n) is 1.72. The summed E-state index contributed by atoms with van der Waals surface area (Å²) in [5.74, 6) is 0. The molecule has 0 aliphatic heterocycles. The average Bonchev–Trinajstić information content (AvgIpc) is 1.96. The lowest BCUT2D eigenvalue weighted by atomic mass is 10.2. The van der Waals surface area contributed by atoms with Crippen LogP contribution < -0.4 is 0 Å². The van der Waals surface area contributed by atoms with Gasteiger partial charge in [0, 0.05) is 13.6 Å². The first-order valence-electron chi connectivity index (χ1n) is 4.17. The summed E-state index contributed by atoms with van der Waals surface area (Å²) in [6.45, 7) is 2.49. The highest BCUT2D eigenvalue weighted by Crippen LogP contribution is 2.01. The second kappa shape index (κ2) is 5.50. The minimum Gasteiger partial charge on any atom is -0.273 e. The van der Waals surface area contributed by atoms with E-state index in [0.717, 1.165) is 30.0 Å². The van der Waals surface area contributed by atoms with Gasteiger partial charge in [-0.15, -0.1) is 0 Å². The molecule has 0 aliphatic carbocycles. The maximum atomic E-state index is 10.5. The highest BCUT2D eigenvalue weighted by Gasteiger charge is 2.11. The van der Waals surface area contributed by atoms with Gasteiger partial charge in [0.25, 0.3) is 0 Å². The molecular formula is C7H17NO3S. The van der Waals surface area contributed by atoms with Gasteiger partial charge in [-0.1, -0.05) is 26.2 Å². The van der Waals surface area contributed by atoms with Crippen LogP contribution in [0.1, 0.15) is 32.6 Å². The summed E-state index contributed by atoms with van der Waals surface area (Å²) in [5, 5.41) is 0. The van der Waals surface area contributed by atoms with Crippen molar-refractivity contribution < 1.29 is 13.0 Å². The van der Waals surface area contributed by atoms with E-state index in [1.807, 2.05) is 0 Å². The Kier molecular flexibility index (Phi) is 5.44. The van der Waals surface area contributed by atoms with Gasteiger partial charge in [-0.3, -0.25) is 4.55 Å². The number of nitrogens with zero attached hydrogens (tertiary/aromatic N) is 1. The van der Waals surface area contributed by atoms with Gasteiger partial charge < -0.3 is 0 Å². The molecule has 0 saturated carbocycles. The smallest absolute Gasteiger partial charge is 0.273 e. The molecule has 0 fully saturated rings. The first-order chi connectivity index (χ1) is 5.48. The van der Waals surface area contributed by atoms with Crippen LogP contribution in [0.25, 0.3) is 0 Å². The molecule has 0 aromatic heterocycles. The van der Waals surface area contributed by atoms with Crippen LogP contribution in [0.5, 0.6) is 0 Å². The lowest BCUT2D eigenvalue weighted by Crippen LogP contribution is -2.26. The lowest BCUT2D eigenvalue weighted by Gasteiger charge is -2.11. The van der Waals surface area contributed by atoms with E-state index in [1.165, 1.54) is 7.05 Å². The molecule has 0 spiro atoms. The van der Waals surface area contributed by atoms with Crippen molar-refractivity contribution in [3.8, 4) is 0 Å². The summed E-state index contributed by atoms with van der Waals surface area (Å²) in [6, 6.07) is 0. The summed E-state index contributed by atoms with van der Waals surface area (Å²) in [7, 11) is -2.58. The zero-order valence-electron chi connectivity index (χ0n) is 7.65. The van der Waals surface area contributed by atoms with Gasteiger partial charge in [-0.05, 0) is 6.42 Å². The van der Waals surface area contributed by atoms with E-state index in [2.05, 4.69) is 6.92 Å². The summed E-state index contributed by atoms with van der Waals surface area (Å²) < 4.78 is 30.5. The zero-order chi connectivity index (χ0) is 9.61. The van der Waals surface area contributed by atoms with Gasteiger partial charge in [0.15, 0.2) is 0 Å². The lowest BCUT2D eigenvalue weighted by molar-refractivity contribution is 0.380. The maximum Gasteiger partial charge on any atom is 0.335 e. The number of hydrogen-bond donors (Lipinski definition) is 1. The van der Waals surface area contributed by atoms with Crippen LogP contribution in [-0.2, 0) is 10.3 Å². The molecule has 0 aromatic carbocycles. The first-order valence-corrected chi connectivity index (χ1v) is 5.57. The fourth-order valence-corrected chi connectivity index (χ4v) is 1.24. The molecule has 1 N–H and O–H groups in total.